The third-order valence-electron chi connectivity index (χ3n) is 3.34. The van der Waals surface area contributed by atoms with Crippen molar-refractivity contribution in [2.45, 2.75) is 6.54 Å². The highest BCUT2D eigenvalue weighted by atomic mass is 35.5. The highest BCUT2D eigenvalue weighted by Gasteiger charge is 2.16. The predicted octanol–water partition coefficient (Wildman–Crippen LogP) is 2.56. The molecule has 0 saturated carbocycles. The largest absolute Gasteiger partial charge is 0.394 e. The summed E-state index contributed by atoms with van der Waals surface area (Å²) >= 11 is 5.85. The average Bonchev–Trinajstić information content (AvgIpc) is 2.99. The van der Waals surface area contributed by atoms with Gasteiger partial charge in [-0.25, -0.2) is 9.97 Å². The predicted molar refractivity (Wildman–Crippen MR) is 87.4 cm³/mol. The molecular weight excluding hydrogens is 334 g/mol. The summed E-state index contributed by atoms with van der Waals surface area (Å²) in [5.41, 5.74) is 2.56. The molecule has 122 valence electrons. The van der Waals surface area contributed by atoms with Gasteiger partial charge in [-0.15, -0.1) is 0 Å². The van der Waals surface area contributed by atoms with Crippen LogP contribution in [0.1, 0.15) is 0 Å². The molecule has 0 atom stereocenters. The molecule has 9 heteroatoms. The first-order valence-corrected chi connectivity index (χ1v) is 7.38. The number of aromatic nitrogens is 4. The molecule has 0 spiro atoms. The second kappa shape index (κ2) is 6.73. The second-order valence-corrected chi connectivity index (χ2v) is 5.23. The summed E-state index contributed by atoms with van der Waals surface area (Å²) in [6, 6.07) is 7.77. The number of aliphatic hydroxyl groups is 1. The van der Waals surface area contributed by atoms with Crippen LogP contribution in [0.5, 0.6) is 0 Å². The lowest BCUT2D eigenvalue weighted by Gasteiger charge is -2.02. The van der Waals surface area contributed by atoms with Crippen LogP contribution in [0.25, 0.3) is 22.5 Å². The van der Waals surface area contributed by atoms with Crippen LogP contribution in [0.4, 0.5) is 5.69 Å². The summed E-state index contributed by atoms with van der Waals surface area (Å²) in [5.74, 6) is 0. The maximum Gasteiger partial charge on any atom is 0.269 e. The van der Waals surface area contributed by atoms with Crippen molar-refractivity contribution in [1.29, 1.82) is 0 Å². The molecule has 2 aromatic heterocycles. The van der Waals surface area contributed by atoms with Gasteiger partial charge < -0.3 is 5.11 Å². The fourth-order valence-electron chi connectivity index (χ4n) is 2.26. The number of benzene rings is 1. The number of rotatable bonds is 5. The van der Waals surface area contributed by atoms with Crippen LogP contribution in [0, 0.1) is 10.1 Å². The van der Waals surface area contributed by atoms with E-state index >= 15 is 0 Å². The number of non-ortho nitro benzene ring substituents is 1. The van der Waals surface area contributed by atoms with E-state index in [-0.39, 0.29) is 17.6 Å². The Hall–Kier alpha value is -2.84. The summed E-state index contributed by atoms with van der Waals surface area (Å²) in [5, 5.41) is 24.5. The standard InChI is InChI=1S/C15H12ClN5O3/c16-15-17-6-5-13(18-15)12-9-20(7-8-22)19-14(12)10-1-3-11(4-2-10)21(23)24/h1-6,9,22H,7-8H2. The summed E-state index contributed by atoms with van der Waals surface area (Å²) in [7, 11) is 0. The maximum atomic E-state index is 10.8. The number of halogens is 1. The zero-order chi connectivity index (χ0) is 17.1. The molecule has 0 radical (unpaired) electrons. The zero-order valence-corrected chi connectivity index (χ0v) is 13.1. The van der Waals surface area contributed by atoms with Gasteiger partial charge >= 0.3 is 0 Å². The lowest BCUT2D eigenvalue weighted by molar-refractivity contribution is -0.384. The molecule has 8 nitrogen and oxygen atoms in total. The van der Waals surface area contributed by atoms with Crippen LogP contribution < -0.4 is 0 Å². The number of nitro groups is 1. The fourth-order valence-corrected chi connectivity index (χ4v) is 2.41. The Bertz CT molecular complexity index is 879. The van der Waals surface area contributed by atoms with E-state index < -0.39 is 4.92 Å². The van der Waals surface area contributed by atoms with Crippen molar-refractivity contribution < 1.29 is 10.0 Å². The molecule has 0 saturated heterocycles. The van der Waals surface area contributed by atoms with Gasteiger partial charge in [-0.05, 0) is 29.8 Å². The van der Waals surface area contributed by atoms with E-state index in [9.17, 15) is 10.1 Å². The Morgan fingerprint density at radius 1 is 1.25 bits per heavy atom. The molecule has 24 heavy (non-hydrogen) atoms. The molecule has 2 heterocycles. The minimum atomic E-state index is -0.459. The van der Waals surface area contributed by atoms with Crippen LogP contribution in [0.3, 0.4) is 0 Å². The van der Waals surface area contributed by atoms with Gasteiger partial charge in [0, 0.05) is 35.7 Å². The van der Waals surface area contributed by atoms with E-state index in [4.69, 9.17) is 16.7 Å². The topological polar surface area (TPSA) is 107 Å². The molecule has 0 fully saturated rings. The fraction of sp³-hybridized carbons (Fsp3) is 0.133. The molecule has 0 unspecified atom stereocenters. The maximum absolute atomic E-state index is 10.8. The lowest BCUT2D eigenvalue weighted by atomic mass is 10.1. The van der Waals surface area contributed by atoms with Gasteiger partial charge in [0.05, 0.1) is 23.8 Å². The van der Waals surface area contributed by atoms with Gasteiger partial charge in [0.2, 0.25) is 5.28 Å². The number of nitro benzene ring substituents is 1. The smallest absolute Gasteiger partial charge is 0.269 e. The van der Waals surface area contributed by atoms with E-state index in [1.165, 1.54) is 18.3 Å². The summed E-state index contributed by atoms with van der Waals surface area (Å²) in [4.78, 5) is 18.4. The first-order chi connectivity index (χ1) is 11.6. The molecule has 1 aromatic carbocycles. The van der Waals surface area contributed by atoms with Crippen molar-refractivity contribution in [1.82, 2.24) is 19.7 Å². The van der Waals surface area contributed by atoms with Gasteiger partial charge in [0.15, 0.2) is 0 Å². The number of hydrogen-bond donors (Lipinski definition) is 1. The molecule has 3 aromatic rings. The molecule has 3 rings (SSSR count). The van der Waals surface area contributed by atoms with Crippen LogP contribution in [0.15, 0.2) is 42.7 Å². The number of hydrogen-bond acceptors (Lipinski definition) is 6. The molecule has 0 bridgehead atoms. The SMILES string of the molecule is O=[N+]([O-])c1ccc(-c2nn(CCO)cc2-c2ccnc(Cl)n2)cc1. The Morgan fingerprint density at radius 3 is 2.62 bits per heavy atom. The van der Waals surface area contributed by atoms with Crippen molar-refractivity contribution in [2.75, 3.05) is 6.61 Å². The van der Waals surface area contributed by atoms with Gasteiger partial charge in [-0.1, -0.05) is 0 Å². The van der Waals surface area contributed by atoms with Crippen molar-refractivity contribution in [2.24, 2.45) is 0 Å². The first-order valence-electron chi connectivity index (χ1n) is 7.00. The molecule has 0 amide bonds. The summed E-state index contributed by atoms with van der Waals surface area (Å²) < 4.78 is 1.59. The Balaban J connectivity index is 2.10. The van der Waals surface area contributed by atoms with E-state index in [1.807, 2.05) is 0 Å². The van der Waals surface area contributed by atoms with Gasteiger partial charge in [-0.3, -0.25) is 14.8 Å². The summed E-state index contributed by atoms with van der Waals surface area (Å²) in [6.07, 6.45) is 3.28. The molecular formula is C15H12ClN5O3. The highest BCUT2D eigenvalue weighted by Crippen LogP contribution is 2.31. The van der Waals surface area contributed by atoms with E-state index in [0.29, 0.717) is 29.1 Å². The lowest BCUT2D eigenvalue weighted by Crippen LogP contribution is -2.02. The van der Waals surface area contributed by atoms with E-state index in [0.717, 1.165) is 0 Å². The molecule has 0 aliphatic carbocycles. The quantitative estimate of drug-likeness (QED) is 0.432. The van der Waals surface area contributed by atoms with Crippen molar-refractivity contribution in [3.05, 3.63) is 58.1 Å². The van der Waals surface area contributed by atoms with Crippen molar-refractivity contribution in [3.63, 3.8) is 0 Å². The summed E-state index contributed by atoms with van der Waals surface area (Å²) in [6.45, 7) is 0.254. The Labute approximate surface area is 141 Å². The normalized spacial score (nSPS) is 10.8. The minimum absolute atomic E-state index is 0.000159. The molecule has 1 N–H and O–H groups in total. The first kappa shape index (κ1) is 16.0. The van der Waals surface area contributed by atoms with Gasteiger partial charge in [-0.2, -0.15) is 5.10 Å². The van der Waals surface area contributed by atoms with Crippen LogP contribution in [0.2, 0.25) is 5.28 Å². The monoisotopic (exact) mass is 345 g/mol. The number of aliphatic hydroxyl groups excluding tert-OH is 1. The van der Waals surface area contributed by atoms with Gasteiger partial charge in [0.25, 0.3) is 5.69 Å². The van der Waals surface area contributed by atoms with Crippen LogP contribution in [-0.2, 0) is 6.54 Å². The average molecular weight is 346 g/mol. The third kappa shape index (κ3) is 3.24. The van der Waals surface area contributed by atoms with Gasteiger partial charge in [0.1, 0.15) is 5.69 Å². The Morgan fingerprint density at radius 2 is 2.00 bits per heavy atom. The number of nitrogens with zero attached hydrogens (tertiary/aromatic N) is 5. The Kier molecular flexibility index (Phi) is 4.50. The molecule has 0 aliphatic heterocycles. The van der Waals surface area contributed by atoms with E-state index in [2.05, 4.69) is 15.1 Å². The molecule has 0 aliphatic rings. The van der Waals surface area contributed by atoms with E-state index in [1.54, 1.807) is 29.1 Å². The van der Waals surface area contributed by atoms with Crippen molar-refractivity contribution in [3.8, 4) is 22.5 Å². The highest BCUT2D eigenvalue weighted by molar-refractivity contribution is 6.28. The van der Waals surface area contributed by atoms with Crippen LogP contribution in [-0.4, -0.2) is 36.4 Å². The van der Waals surface area contributed by atoms with Crippen LogP contribution >= 0.6 is 11.6 Å². The zero-order valence-electron chi connectivity index (χ0n) is 12.3. The minimum Gasteiger partial charge on any atom is -0.394 e. The third-order valence-corrected chi connectivity index (χ3v) is 3.53. The second-order valence-electron chi connectivity index (χ2n) is 4.89. The van der Waals surface area contributed by atoms with Crippen molar-refractivity contribution >= 4 is 17.3 Å².